The summed E-state index contributed by atoms with van der Waals surface area (Å²) in [5.41, 5.74) is 6.72. The Balaban J connectivity index is 1.78. The van der Waals surface area contributed by atoms with Crippen molar-refractivity contribution in [2.75, 3.05) is 20.2 Å². The third-order valence-corrected chi connectivity index (χ3v) is 4.60. The Morgan fingerprint density at radius 1 is 1.38 bits per heavy atom. The zero-order valence-corrected chi connectivity index (χ0v) is 14.0. The third kappa shape index (κ3) is 3.28. The van der Waals surface area contributed by atoms with Gasteiger partial charge in [0.15, 0.2) is 0 Å². The molecule has 3 rings (SSSR count). The van der Waals surface area contributed by atoms with Crippen molar-refractivity contribution in [2.45, 2.75) is 25.9 Å². The number of nitrogens with zero attached hydrogens (tertiary/aromatic N) is 1. The van der Waals surface area contributed by atoms with Crippen LogP contribution < -0.4 is 5.73 Å². The van der Waals surface area contributed by atoms with E-state index in [2.05, 4.69) is 0 Å². The van der Waals surface area contributed by atoms with Gasteiger partial charge in [0.25, 0.3) is 5.91 Å². The summed E-state index contributed by atoms with van der Waals surface area (Å²) in [6.07, 6.45) is 0.885. The Kier molecular flexibility index (Phi) is 4.57. The molecule has 0 unspecified atom stereocenters. The van der Waals surface area contributed by atoms with Crippen molar-refractivity contribution in [3.8, 4) is 0 Å². The number of hydrogen-bond donors (Lipinski definition) is 1. The molecule has 1 aromatic carbocycles. The second kappa shape index (κ2) is 6.65. The monoisotopic (exact) mass is 330 g/mol. The van der Waals surface area contributed by atoms with Gasteiger partial charge < -0.3 is 19.8 Å². The molecule has 0 radical (unpaired) electrons. The average Bonchev–Trinajstić information content (AvgIpc) is 2.92. The number of ether oxygens (including phenoxy) is 1. The maximum Gasteiger partial charge on any atom is 0.253 e. The number of carbonyl (C=O) groups is 2. The quantitative estimate of drug-likeness (QED) is 0.930. The van der Waals surface area contributed by atoms with Gasteiger partial charge in [-0.05, 0) is 37.6 Å². The standard InChI is InChI=1S/C18H22N2O4/c1-11-7-13-8-12(3-4-16(13)24-11)18(22)20-6-5-15(23-2)14(10-20)9-17(19)21/h3-4,7-8,14-15H,5-6,9-10H2,1-2H3,(H2,19,21)/t14-,15-/m1/s1. The Morgan fingerprint density at radius 2 is 2.17 bits per heavy atom. The molecule has 1 saturated heterocycles. The van der Waals surface area contributed by atoms with E-state index < -0.39 is 0 Å². The first-order chi connectivity index (χ1) is 11.5. The fourth-order valence-electron chi connectivity index (χ4n) is 3.45. The summed E-state index contributed by atoms with van der Waals surface area (Å²) in [7, 11) is 1.63. The molecule has 1 aromatic heterocycles. The van der Waals surface area contributed by atoms with Crippen LogP contribution in [0.3, 0.4) is 0 Å². The number of carbonyl (C=O) groups excluding carboxylic acids is 2. The second-order valence-electron chi connectivity index (χ2n) is 6.35. The molecule has 2 aromatic rings. The first kappa shape index (κ1) is 16.5. The zero-order valence-electron chi connectivity index (χ0n) is 14.0. The Hall–Kier alpha value is -2.34. The maximum atomic E-state index is 12.8. The van der Waals surface area contributed by atoms with Crippen molar-refractivity contribution in [1.29, 1.82) is 0 Å². The summed E-state index contributed by atoms with van der Waals surface area (Å²) >= 11 is 0. The SMILES string of the molecule is CO[C@@H]1CCN(C(=O)c2ccc3oc(C)cc3c2)C[C@H]1CC(N)=O. The van der Waals surface area contributed by atoms with Crippen LogP contribution in [0.4, 0.5) is 0 Å². The fourth-order valence-corrected chi connectivity index (χ4v) is 3.45. The molecule has 24 heavy (non-hydrogen) atoms. The molecular formula is C18H22N2O4. The highest BCUT2D eigenvalue weighted by Crippen LogP contribution is 2.25. The molecule has 2 N–H and O–H groups in total. The van der Waals surface area contributed by atoms with E-state index in [-0.39, 0.29) is 30.3 Å². The summed E-state index contributed by atoms with van der Waals surface area (Å²) in [5, 5.41) is 0.916. The van der Waals surface area contributed by atoms with Gasteiger partial charge in [0.05, 0.1) is 6.10 Å². The van der Waals surface area contributed by atoms with Crippen molar-refractivity contribution in [3.05, 3.63) is 35.6 Å². The summed E-state index contributed by atoms with van der Waals surface area (Å²) in [6.45, 7) is 2.96. The minimum atomic E-state index is -0.369. The molecule has 0 bridgehead atoms. The van der Waals surface area contributed by atoms with Crippen LogP contribution in [0.1, 0.15) is 29.0 Å². The predicted molar refractivity (Wildman–Crippen MR) is 89.6 cm³/mol. The number of nitrogens with two attached hydrogens (primary N) is 1. The Bertz CT molecular complexity index is 767. The molecule has 1 fully saturated rings. The van der Waals surface area contributed by atoms with Crippen LogP contribution in [0.5, 0.6) is 0 Å². The van der Waals surface area contributed by atoms with Crippen LogP contribution >= 0.6 is 0 Å². The summed E-state index contributed by atoms with van der Waals surface area (Å²) in [4.78, 5) is 25.9. The van der Waals surface area contributed by atoms with E-state index in [0.717, 1.165) is 16.7 Å². The number of rotatable bonds is 4. The van der Waals surface area contributed by atoms with Crippen LogP contribution in [-0.4, -0.2) is 43.0 Å². The highest BCUT2D eigenvalue weighted by atomic mass is 16.5. The number of fused-ring (bicyclic) bond motifs is 1. The molecule has 1 aliphatic rings. The second-order valence-corrected chi connectivity index (χ2v) is 6.35. The number of benzene rings is 1. The number of piperidine rings is 1. The third-order valence-electron chi connectivity index (χ3n) is 4.60. The molecule has 0 spiro atoms. The van der Waals surface area contributed by atoms with E-state index in [1.807, 2.05) is 25.1 Å². The Labute approximate surface area is 140 Å². The lowest BCUT2D eigenvalue weighted by Crippen LogP contribution is -2.47. The molecule has 0 aliphatic carbocycles. The predicted octanol–water partition coefficient (Wildman–Crippen LogP) is 2.09. The van der Waals surface area contributed by atoms with E-state index in [1.54, 1.807) is 18.1 Å². The number of likely N-dealkylation sites (tertiary alicyclic amines) is 1. The first-order valence-corrected chi connectivity index (χ1v) is 8.08. The number of primary amides is 1. The van der Waals surface area contributed by atoms with Gasteiger partial charge in [0.1, 0.15) is 11.3 Å². The van der Waals surface area contributed by atoms with Crippen molar-refractivity contribution >= 4 is 22.8 Å². The van der Waals surface area contributed by atoms with Gasteiger partial charge >= 0.3 is 0 Å². The van der Waals surface area contributed by atoms with E-state index in [4.69, 9.17) is 14.9 Å². The minimum absolute atomic E-state index is 0.0412. The van der Waals surface area contributed by atoms with Crippen LogP contribution in [0.15, 0.2) is 28.7 Å². The zero-order chi connectivity index (χ0) is 17.3. The van der Waals surface area contributed by atoms with Crippen molar-refractivity contribution in [1.82, 2.24) is 4.90 Å². The van der Waals surface area contributed by atoms with Gasteiger partial charge in [-0.3, -0.25) is 9.59 Å². The smallest absolute Gasteiger partial charge is 0.253 e. The lowest BCUT2D eigenvalue weighted by Gasteiger charge is -2.37. The van der Waals surface area contributed by atoms with Crippen LogP contribution in [0.25, 0.3) is 11.0 Å². The minimum Gasteiger partial charge on any atom is -0.461 e. The first-order valence-electron chi connectivity index (χ1n) is 8.08. The lowest BCUT2D eigenvalue weighted by molar-refractivity contribution is -0.121. The summed E-state index contributed by atoms with van der Waals surface area (Å²) < 4.78 is 11.0. The van der Waals surface area contributed by atoms with Gasteiger partial charge in [-0.15, -0.1) is 0 Å². The summed E-state index contributed by atoms with van der Waals surface area (Å²) in [5.74, 6) is 0.341. The van der Waals surface area contributed by atoms with Gasteiger partial charge in [0.2, 0.25) is 5.91 Å². The van der Waals surface area contributed by atoms with E-state index in [9.17, 15) is 9.59 Å². The number of furan rings is 1. The lowest BCUT2D eigenvalue weighted by atomic mass is 9.91. The normalized spacial score (nSPS) is 21.2. The van der Waals surface area contributed by atoms with Crippen molar-refractivity contribution < 1.29 is 18.7 Å². The van der Waals surface area contributed by atoms with E-state index in [1.165, 1.54) is 0 Å². The number of hydrogen-bond acceptors (Lipinski definition) is 4. The van der Waals surface area contributed by atoms with Crippen LogP contribution in [-0.2, 0) is 9.53 Å². The molecule has 128 valence electrons. The maximum absolute atomic E-state index is 12.8. The van der Waals surface area contributed by atoms with E-state index >= 15 is 0 Å². The molecule has 0 saturated carbocycles. The highest BCUT2D eigenvalue weighted by Gasteiger charge is 2.32. The van der Waals surface area contributed by atoms with Crippen LogP contribution in [0.2, 0.25) is 0 Å². The fraction of sp³-hybridized carbons (Fsp3) is 0.444. The Morgan fingerprint density at radius 3 is 2.88 bits per heavy atom. The number of amides is 2. The molecular weight excluding hydrogens is 308 g/mol. The number of methoxy groups -OCH3 is 1. The molecule has 6 heteroatoms. The summed E-state index contributed by atoms with van der Waals surface area (Å²) in [6, 6.07) is 7.36. The average molecular weight is 330 g/mol. The highest BCUT2D eigenvalue weighted by molar-refractivity contribution is 5.98. The largest absolute Gasteiger partial charge is 0.461 e. The van der Waals surface area contributed by atoms with Gasteiger partial charge in [-0.1, -0.05) is 0 Å². The van der Waals surface area contributed by atoms with Gasteiger partial charge in [0, 0.05) is 43.5 Å². The molecule has 2 heterocycles. The van der Waals surface area contributed by atoms with Crippen molar-refractivity contribution in [2.24, 2.45) is 11.7 Å². The molecule has 2 atom stereocenters. The van der Waals surface area contributed by atoms with Crippen LogP contribution in [0, 0.1) is 12.8 Å². The molecule has 1 aliphatic heterocycles. The van der Waals surface area contributed by atoms with Gasteiger partial charge in [-0.25, -0.2) is 0 Å². The molecule has 6 nitrogen and oxygen atoms in total. The topological polar surface area (TPSA) is 85.8 Å². The molecule has 2 amide bonds. The van der Waals surface area contributed by atoms with Crippen molar-refractivity contribution in [3.63, 3.8) is 0 Å². The van der Waals surface area contributed by atoms with Gasteiger partial charge in [-0.2, -0.15) is 0 Å². The number of aryl methyl sites for hydroxylation is 1. The van der Waals surface area contributed by atoms with E-state index in [0.29, 0.717) is 25.1 Å².